The number of nitrogens with zero attached hydrogens (tertiary/aromatic N) is 4. The zero-order valence-electron chi connectivity index (χ0n) is 13.3. The van der Waals surface area contributed by atoms with Gasteiger partial charge in [-0.2, -0.15) is 0 Å². The summed E-state index contributed by atoms with van der Waals surface area (Å²) in [6.07, 6.45) is 2.95. The number of halogens is 1. The van der Waals surface area contributed by atoms with Crippen molar-refractivity contribution in [3.05, 3.63) is 11.9 Å². The van der Waals surface area contributed by atoms with E-state index in [1.807, 2.05) is 32.2 Å². The van der Waals surface area contributed by atoms with Crippen LogP contribution in [0.5, 0.6) is 0 Å². The van der Waals surface area contributed by atoms with Crippen molar-refractivity contribution in [1.29, 1.82) is 0 Å². The van der Waals surface area contributed by atoms with Gasteiger partial charge in [0, 0.05) is 34.2 Å². The van der Waals surface area contributed by atoms with Crippen LogP contribution >= 0.6 is 24.0 Å². The second-order valence-corrected chi connectivity index (χ2v) is 4.88. The number of nitrogens with one attached hydrogen (secondary N) is 2. The van der Waals surface area contributed by atoms with Crippen LogP contribution in [0.2, 0.25) is 0 Å². The zero-order chi connectivity index (χ0) is 14.4. The topological polar surface area (TPSA) is 57.5 Å². The molecule has 0 fully saturated rings. The second-order valence-electron chi connectivity index (χ2n) is 4.88. The van der Waals surface area contributed by atoms with Crippen molar-refractivity contribution in [1.82, 2.24) is 20.2 Å². The summed E-state index contributed by atoms with van der Waals surface area (Å²) in [5.74, 6) is 1.77. The first-order valence-electron chi connectivity index (χ1n) is 6.64. The van der Waals surface area contributed by atoms with E-state index < -0.39 is 0 Å². The van der Waals surface area contributed by atoms with Crippen LogP contribution in [0.25, 0.3) is 0 Å². The molecule has 1 atom stereocenters. The van der Waals surface area contributed by atoms with Crippen LogP contribution in [-0.4, -0.2) is 42.7 Å². The fraction of sp³-hybridized carbons (Fsp3) is 0.692. The highest BCUT2D eigenvalue weighted by atomic mass is 127. The van der Waals surface area contributed by atoms with Crippen LogP contribution < -0.4 is 15.5 Å². The number of aromatic nitrogens is 2. The summed E-state index contributed by atoms with van der Waals surface area (Å²) in [6, 6.07) is 0.412. The van der Waals surface area contributed by atoms with Gasteiger partial charge in [-0.05, 0) is 13.3 Å². The number of aliphatic imine (C=N–C) groups is 1. The Labute approximate surface area is 139 Å². The van der Waals surface area contributed by atoms with E-state index in [0.717, 1.165) is 24.0 Å². The lowest BCUT2D eigenvalue weighted by Gasteiger charge is -2.17. The lowest BCUT2D eigenvalue weighted by Crippen LogP contribution is -2.41. The van der Waals surface area contributed by atoms with Gasteiger partial charge in [-0.1, -0.05) is 6.92 Å². The SMILES string of the molecule is CCC(C)NC(=NC)NCc1cnc(N(C)C)n1C.I. The molecule has 0 bridgehead atoms. The first-order chi connectivity index (χ1) is 8.99. The van der Waals surface area contributed by atoms with Gasteiger partial charge < -0.3 is 20.1 Å². The van der Waals surface area contributed by atoms with E-state index in [1.165, 1.54) is 0 Å². The third-order valence-electron chi connectivity index (χ3n) is 3.12. The third kappa shape index (κ3) is 5.18. The number of anilines is 1. The van der Waals surface area contributed by atoms with Gasteiger partial charge in [0.1, 0.15) is 0 Å². The minimum Gasteiger partial charge on any atom is -0.354 e. The fourth-order valence-corrected chi connectivity index (χ4v) is 1.72. The first kappa shape index (κ1) is 19.0. The molecule has 1 aromatic heterocycles. The summed E-state index contributed by atoms with van der Waals surface area (Å²) in [7, 11) is 7.78. The molecular weight excluding hydrogens is 367 g/mol. The van der Waals surface area contributed by atoms with Gasteiger partial charge in [0.05, 0.1) is 18.4 Å². The van der Waals surface area contributed by atoms with E-state index in [0.29, 0.717) is 12.6 Å². The average molecular weight is 394 g/mol. The molecule has 1 rings (SSSR count). The molecule has 0 amide bonds. The number of hydrogen-bond donors (Lipinski definition) is 2. The van der Waals surface area contributed by atoms with Crippen molar-refractivity contribution >= 4 is 35.9 Å². The highest BCUT2D eigenvalue weighted by molar-refractivity contribution is 14.0. The molecule has 0 aliphatic rings. The van der Waals surface area contributed by atoms with Gasteiger partial charge in [0.25, 0.3) is 0 Å². The van der Waals surface area contributed by atoms with Crippen LogP contribution in [0.4, 0.5) is 5.95 Å². The molecule has 20 heavy (non-hydrogen) atoms. The Morgan fingerprint density at radius 3 is 2.60 bits per heavy atom. The minimum atomic E-state index is 0. The maximum Gasteiger partial charge on any atom is 0.204 e. The molecule has 0 aliphatic carbocycles. The molecular formula is C13H27IN6. The fourth-order valence-electron chi connectivity index (χ4n) is 1.72. The maximum absolute atomic E-state index is 4.38. The third-order valence-corrected chi connectivity index (χ3v) is 3.12. The predicted octanol–water partition coefficient (Wildman–Crippen LogP) is 1.57. The molecule has 1 heterocycles. The van der Waals surface area contributed by atoms with E-state index in [1.54, 1.807) is 7.05 Å². The summed E-state index contributed by atoms with van der Waals surface area (Å²) in [6.45, 7) is 4.99. The van der Waals surface area contributed by atoms with Crippen LogP contribution in [-0.2, 0) is 13.6 Å². The average Bonchev–Trinajstić information content (AvgIpc) is 2.75. The van der Waals surface area contributed by atoms with E-state index >= 15 is 0 Å². The van der Waals surface area contributed by atoms with Gasteiger partial charge >= 0.3 is 0 Å². The predicted molar refractivity (Wildman–Crippen MR) is 96.0 cm³/mol. The molecule has 0 aromatic carbocycles. The number of imidazole rings is 1. The van der Waals surface area contributed by atoms with Crippen molar-refractivity contribution in [2.24, 2.45) is 12.0 Å². The smallest absolute Gasteiger partial charge is 0.204 e. The van der Waals surface area contributed by atoms with Crippen LogP contribution in [0.1, 0.15) is 26.0 Å². The second kappa shape index (κ2) is 9.04. The molecule has 7 heteroatoms. The summed E-state index contributed by atoms with van der Waals surface area (Å²) in [5, 5.41) is 6.64. The van der Waals surface area contributed by atoms with Crippen molar-refractivity contribution in [2.45, 2.75) is 32.9 Å². The Balaban J connectivity index is 0.00000361. The van der Waals surface area contributed by atoms with Gasteiger partial charge in [-0.15, -0.1) is 24.0 Å². The van der Waals surface area contributed by atoms with Crippen LogP contribution in [0.15, 0.2) is 11.2 Å². The summed E-state index contributed by atoms with van der Waals surface area (Å²) < 4.78 is 2.07. The summed E-state index contributed by atoms with van der Waals surface area (Å²) in [5.41, 5.74) is 1.12. The normalized spacial score (nSPS) is 12.6. The van der Waals surface area contributed by atoms with E-state index in [4.69, 9.17) is 0 Å². The Kier molecular flexibility index (Phi) is 8.59. The van der Waals surface area contributed by atoms with Gasteiger partial charge in [-0.3, -0.25) is 4.99 Å². The minimum absolute atomic E-state index is 0. The van der Waals surface area contributed by atoms with E-state index in [-0.39, 0.29) is 24.0 Å². The van der Waals surface area contributed by atoms with Crippen molar-refractivity contribution in [2.75, 3.05) is 26.0 Å². The first-order valence-corrected chi connectivity index (χ1v) is 6.64. The number of hydrogen-bond acceptors (Lipinski definition) is 3. The lowest BCUT2D eigenvalue weighted by molar-refractivity contribution is 0.621. The Morgan fingerprint density at radius 2 is 2.15 bits per heavy atom. The molecule has 0 radical (unpaired) electrons. The van der Waals surface area contributed by atoms with Crippen LogP contribution in [0.3, 0.4) is 0 Å². The molecule has 1 unspecified atom stereocenters. The molecule has 116 valence electrons. The molecule has 0 spiro atoms. The van der Waals surface area contributed by atoms with E-state index in [2.05, 4.69) is 39.0 Å². The van der Waals surface area contributed by atoms with Crippen molar-refractivity contribution < 1.29 is 0 Å². The zero-order valence-corrected chi connectivity index (χ0v) is 15.6. The number of guanidine groups is 1. The largest absolute Gasteiger partial charge is 0.354 e. The van der Waals surface area contributed by atoms with Gasteiger partial charge in [0.2, 0.25) is 5.95 Å². The highest BCUT2D eigenvalue weighted by Gasteiger charge is 2.09. The standard InChI is InChI=1S/C13H26N6.HI/c1-7-10(2)17-12(14-3)15-8-11-9-16-13(18(4)5)19(11)6;/h9-10H,7-8H2,1-6H3,(H2,14,15,17);1H. The monoisotopic (exact) mass is 394 g/mol. The molecule has 0 aliphatic heterocycles. The van der Waals surface area contributed by atoms with Gasteiger partial charge in [-0.25, -0.2) is 4.98 Å². The van der Waals surface area contributed by atoms with Gasteiger partial charge in [0.15, 0.2) is 5.96 Å². The molecule has 0 saturated heterocycles. The molecule has 2 N–H and O–H groups in total. The van der Waals surface area contributed by atoms with E-state index in [9.17, 15) is 0 Å². The summed E-state index contributed by atoms with van der Waals surface area (Å²) >= 11 is 0. The maximum atomic E-state index is 4.38. The number of rotatable bonds is 5. The lowest BCUT2D eigenvalue weighted by atomic mass is 10.3. The molecule has 1 aromatic rings. The Hall–Kier alpha value is -0.990. The summed E-state index contributed by atoms with van der Waals surface area (Å²) in [4.78, 5) is 10.6. The molecule has 0 saturated carbocycles. The van der Waals surface area contributed by atoms with Crippen LogP contribution in [0, 0.1) is 0 Å². The van der Waals surface area contributed by atoms with Crippen molar-refractivity contribution in [3.63, 3.8) is 0 Å². The molecule has 6 nitrogen and oxygen atoms in total. The quantitative estimate of drug-likeness (QED) is 0.452. The van der Waals surface area contributed by atoms with Crippen molar-refractivity contribution in [3.8, 4) is 0 Å². The Bertz CT molecular complexity index is 426. The highest BCUT2D eigenvalue weighted by Crippen LogP contribution is 2.10. The Morgan fingerprint density at radius 1 is 1.50 bits per heavy atom.